The van der Waals surface area contributed by atoms with Crippen LogP contribution in [0.25, 0.3) is 10.7 Å². The normalized spacial score (nSPS) is 27.8. The Balaban J connectivity index is 1.31. The highest BCUT2D eigenvalue weighted by Gasteiger charge is 2.61. The van der Waals surface area contributed by atoms with Gasteiger partial charge in [0.15, 0.2) is 5.78 Å². The molecule has 2 fully saturated rings. The molecule has 2 N–H and O–H groups in total. The lowest BCUT2D eigenvalue weighted by atomic mass is 9.92. The molecule has 0 aromatic carbocycles. The molecular formula is C39H52N4O7S. The van der Waals surface area contributed by atoms with Crippen molar-refractivity contribution in [2.24, 2.45) is 11.3 Å². The minimum Gasteiger partial charge on any atom is -0.488 e. The van der Waals surface area contributed by atoms with Crippen LogP contribution in [0.4, 0.5) is 4.79 Å². The molecule has 11 nitrogen and oxygen atoms in total. The zero-order chi connectivity index (χ0) is 36.5. The average molecular weight is 721 g/mol. The predicted octanol–water partition coefficient (Wildman–Crippen LogP) is 7.02. The van der Waals surface area contributed by atoms with Crippen LogP contribution < -0.4 is 10.1 Å². The SMILES string of the molecule is CC(C)c1csc(-c2cc(O[C@@H]3C[C@H]4C(=O)C[C@]5(C(=O)O)C[C@H]5/C=C\CCCCC[C@H](NC(=O)OC(C)(C)C)C(=O)N4C3)c3c(n2)CCCC3)n1. The van der Waals surface area contributed by atoms with Crippen LogP contribution >= 0.6 is 11.3 Å². The average Bonchev–Trinajstić information content (AvgIpc) is 3.36. The maximum atomic E-state index is 14.4. The van der Waals surface area contributed by atoms with Gasteiger partial charge in [0.1, 0.15) is 34.2 Å². The smallest absolute Gasteiger partial charge is 0.408 e. The highest BCUT2D eigenvalue weighted by Crippen LogP contribution is 2.57. The zero-order valence-electron chi connectivity index (χ0n) is 30.5. The van der Waals surface area contributed by atoms with E-state index in [0.717, 1.165) is 72.6 Å². The molecule has 5 atom stereocenters. The Morgan fingerprint density at radius 3 is 2.61 bits per heavy atom. The molecule has 2 aromatic heterocycles. The number of Topliss-reactive ketones (excluding diaryl/α,β-unsaturated/α-hetero) is 1. The van der Waals surface area contributed by atoms with E-state index in [1.165, 1.54) is 4.90 Å². The molecule has 6 rings (SSSR count). The summed E-state index contributed by atoms with van der Waals surface area (Å²) in [5.74, 6) is -0.884. The molecule has 0 unspecified atom stereocenters. The second-order valence-corrected chi connectivity index (χ2v) is 16.9. The van der Waals surface area contributed by atoms with Crippen molar-refractivity contribution in [1.82, 2.24) is 20.2 Å². The highest BCUT2D eigenvalue weighted by atomic mass is 32.1. The molecule has 51 heavy (non-hydrogen) atoms. The molecule has 276 valence electrons. The molecule has 12 heteroatoms. The van der Waals surface area contributed by atoms with Gasteiger partial charge in [-0.2, -0.15) is 0 Å². The number of thiazole rings is 1. The number of amides is 2. The number of ether oxygens (including phenoxy) is 2. The summed E-state index contributed by atoms with van der Waals surface area (Å²) in [5.41, 5.74) is 1.88. The largest absolute Gasteiger partial charge is 0.488 e. The number of ketones is 1. The van der Waals surface area contributed by atoms with Gasteiger partial charge >= 0.3 is 12.1 Å². The second-order valence-electron chi connectivity index (χ2n) is 16.0. The number of carbonyl (C=O) groups is 4. The van der Waals surface area contributed by atoms with Crippen molar-refractivity contribution >= 4 is 35.1 Å². The molecule has 1 saturated heterocycles. The summed E-state index contributed by atoms with van der Waals surface area (Å²) in [6.07, 6.45) is 10.5. The van der Waals surface area contributed by atoms with Crippen molar-refractivity contribution in [3.8, 4) is 16.5 Å². The highest BCUT2D eigenvalue weighted by molar-refractivity contribution is 7.13. The number of carboxylic acid groups (broad SMARTS) is 1. The Hall–Kier alpha value is -3.80. The van der Waals surface area contributed by atoms with E-state index in [9.17, 15) is 24.3 Å². The van der Waals surface area contributed by atoms with Crippen molar-refractivity contribution in [2.45, 2.75) is 141 Å². The number of aliphatic carboxylic acids is 1. The number of nitrogens with one attached hydrogen (secondary N) is 1. The first-order valence-corrected chi connectivity index (χ1v) is 19.5. The van der Waals surface area contributed by atoms with Crippen molar-refractivity contribution in [1.29, 1.82) is 0 Å². The Morgan fingerprint density at radius 2 is 1.88 bits per heavy atom. The molecule has 0 spiro atoms. The van der Waals surface area contributed by atoms with E-state index < -0.39 is 41.3 Å². The van der Waals surface area contributed by atoms with Crippen molar-refractivity contribution in [3.05, 3.63) is 40.5 Å². The van der Waals surface area contributed by atoms with E-state index >= 15 is 0 Å². The molecule has 0 radical (unpaired) electrons. The van der Waals surface area contributed by atoms with Gasteiger partial charge in [-0.3, -0.25) is 14.4 Å². The summed E-state index contributed by atoms with van der Waals surface area (Å²) >= 11 is 1.56. The van der Waals surface area contributed by atoms with Crippen LogP contribution in [0.15, 0.2) is 23.6 Å². The van der Waals surface area contributed by atoms with Gasteiger partial charge in [0.25, 0.3) is 0 Å². The van der Waals surface area contributed by atoms with Gasteiger partial charge in [0.05, 0.1) is 23.7 Å². The van der Waals surface area contributed by atoms with Crippen LogP contribution in [0.2, 0.25) is 0 Å². The van der Waals surface area contributed by atoms with Gasteiger partial charge in [-0.1, -0.05) is 38.8 Å². The van der Waals surface area contributed by atoms with E-state index in [4.69, 9.17) is 19.4 Å². The van der Waals surface area contributed by atoms with Crippen LogP contribution in [-0.2, 0) is 32.0 Å². The summed E-state index contributed by atoms with van der Waals surface area (Å²) in [6.45, 7) is 9.64. The van der Waals surface area contributed by atoms with Crippen LogP contribution in [0.1, 0.15) is 122 Å². The number of carboxylic acids is 1. The topological polar surface area (TPSA) is 148 Å². The minimum atomic E-state index is -1.17. The van der Waals surface area contributed by atoms with Crippen LogP contribution in [0.3, 0.4) is 0 Å². The molecule has 1 saturated carbocycles. The summed E-state index contributed by atoms with van der Waals surface area (Å²) < 4.78 is 12.3. The Labute approximate surface area is 304 Å². The maximum Gasteiger partial charge on any atom is 0.408 e. The Bertz CT molecular complexity index is 1680. The summed E-state index contributed by atoms with van der Waals surface area (Å²) in [4.78, 5) is 65.6. The van der Waals surface area contributed by atoms with Gasteiger partial charge in [0, 0.05) is 35.5 Å². The molecule has 2 amide bonds. The first-order valence-electron chi connectivity index (χ1n) is 18.6. The number of fused-ring (bicyclic) bond motifs is 3. The molecule has 4 heterocycles. The molecule has 2 aromatic rings. The third-order valence-electron chi connectivity index (χ3n) is 10.6. The fourth-order valence-corrected chi connectivity index (χ4v) is 8.60. The van der Waals surface area contributed by atoms with Crippen LogP contribution in [0, 0.1) is 11.3 Å². The monoisotopic (exact) mass is 720 g/mol. The standard InChI is InChI=1S/C39H52N4O7S/c1-23(2)30-22-51-34(41-30)29-18-33(26-14-11-12-15-27(26)40-29)49-25-17-31-32(44)20-39(36(46)47)19-24(39)13-9-7-6-8-10-16-28(35(45)43(31)21-25)42-37(48)50-38(3,4)5/h9,13,18,22-25,28,31H,6-8,10-12,14-17,19-21H2,1-5H3,(H,42,48)(H,46,47)/b13-9-/t24-,25-,28+,31+,39-/m1/s1. The van der Waals surface area contributed by atoms with E-state index in [0.29, 0.717) is 30.9 Å². The van der Waals surface area contributed by atoms with Gasteiger partial charge in [-0.05, 0) is 84.0 Å². The Kier molecular flexibility index (Phi) is 10.9. The first-order chi connectivity index (χ1) is 24.2. The fraction of sp³-hybridized carbons (Fsp3) is 0.641. The van der Waals surface area contributed by atoms with E-state index in [1.807, 2.05) is 18.2 Å². The zero-order valence-corrected chi connectivity index (χ0v) is 31.4. The lowest BCUT2D eigenvalue weighted by Gasteiger charge is -2.30. The van der Waals surface area contributed by atoms with E-state index in [1.54, 1.807) is 32.1 Å². The van der Waals surface area contributed by atoms with Crippen molar-refractivity contribution in [2.75, 3.05) is 6.54 Å². The second kappa shape index (κ2) is 15.0. The van der Waals surface area contributed by atoms with Crippen LogP contribution in [0.5, 0.6) is 5.75 Å². The first kappa shape index (κ1) is 37.0. The number of allylic oxidation sites excluding steroid dienone is 2. The Morgan fingerprint density at radius 1 is 1.10 bits per heavy atom. The van der Waals surface area contributed by atoms with Gasteiger partial charge in [0.2, 0.25) is 5.91 Å². The number of pyridine rings is 1. The molecule has 0 bridgehead atoms. The summed E-state index contributed by atoms with van der Waals surface area (Å²) in [5, 5.41) is 16.0. The maximum absolute atomic E-state index is 14.4. The summed E-state index contributed by atoms with van der Waals surface area (Å²) in [7, 11) is 0. The van der Waals surface area contributed by atoms with Crippen molar-refractivity contribution < 1.29 is 33.8 Å². The molecule has 4 aliphatic rings. The fourth-order valence-electron chi connectivity index (χ4n) is 7.66. The third-order valence-corrected chi connectivity index (χ3v) is 11.5. The number of alkyl carbamates (subject to hydrolysis) is 1. The number of aryl methyl sites for hydroxylation is 1. The number of carbonyl (C=O) groups excluding carboxylic acids is 3. The van der Waals surface area contributed by atoms with E-state index in [-0.39, 0.29) is 37.0 Å². The lowest BCUT2D eigenvalue weighted by Crippen LogP contribution is -2.52. The van der Waals surface area contributed by atoms with Crippen molar-refractivity contribution in [3.63, 3.8) is 0 Å². The molecule has 2 aliphatic carbocycles. The van der Waals surface area contributed by atoms with Gasteiger partial charge in [-0.15, -0.1) is 11.3 Å². The van der Waals surface area contributed by atoms with Gasteiger partial charge < -0.3 is 24.8 Å². The van der Waals surface area contributed by atoms with E-state index in [2.05, 4.69) is 24.5 Å². The predicted molar refractivity (Wildman–Crippen MR) is 194 cm³/mol. The lowest BCUT2D eigenvalue weighted by molar-refractivity contribution is -0.147. The number of hydrogen-bond acceptors (Lipinski definition) is 9. The van der Waals surface area contributed by atoms with Crippen LogP contribution in [-0.4, -0.2) is 74.1 Å². The molecule has 2 aliphatic heterocycles. The minimum absolute atomic E-state index is 0.131. The quantitative estimate of drug-likeness (QED) is 0.301. The van der Waals surface area contributed by atoms with Gasteiger partial charge in [-0.25, -0.2) is 14.8 Å². The number of hydrogen-bond donors (Lipinski definition) is 2. The number of nitrogens with zero attached hydrogens (tertiary/aromatic N) is 3. The number of rotatable bonds is 6. The third kappa shape index (κ3) is 8.47. The number of aromatic nitrogens is 2. The molecular weight excluding hydrogens is 669 g/mol. The summed E-state index contributed by atoms with van der Waals surface area (Å²) in [6, 6.07) is 0.152.